The lowest BCUT2D eigenvalue weighted by Gasteiger charge is -2.39. The number of halogens is 1. The summed E-state index contributed by atoms with van der Waals surface area (Å²) in [5.74, 6) is -1.29. The number of hydrogen-bond donors (Lipinski definition) is 1. The number of anilines is 1. The van der Waals surface area contributed by atoms with Gasteiger partial charge in [0, 0.05) is 38.3 Å². The van der Waals surface area contributed by atoms with Crippen LogP contribution in [0, 0.1) is 5.82 Å². The summed E-state index contributed by atoms with van der Waals surface area (Å²) in [6, 6.07) is 12.6. The van der Waals surface area contributed by atoms with Crippen LogP contribution in [0.2, 0.25) is 0 Å². The van der Waals surface area contributed by atoms with Crippen LogP contribution in [-0.4, -0.2) is 52.8 Å². The van der Waals surface area contributed by atoms with Gasteiger partial charge in [-0.3, -0.25) is 14.5 Å². The summed E-state index contributed by atoms with van der Waals surface area (Å²) in [5, 5.41) is 3.76. The zero-order chi connectivity index (χ0) is 21.5. The van der Waals surface area contributed by atoms with E-state index < -0.39 is 11.7 Å². The predicted octanol–water partition coefficient (Wildman–Crippen LogP) is 3.77. The third-order valence-corrected chi connectivity index (χ3v) is 7.40. The third-order valence-electron chi connectivity index (χ3n) is 6.19. The van der Waals surface area contributed by atoms with Crippen LogP contribution in [0.25, 0.3) is 10.2 Å². The molecule has 5 rings (SSSR count). The number of fused-ring (bicyclic) bond motifs is 2. The van der Waals surface area contributed by atoms with Crippen molar-refractivity contribution in [1.29, 1.82) is 0 Å². The number of para-hydroxylation sites is 1. The molecule has 160 valence electrons. The van der Waals surface area contributed by atoms with Crippen LogP contribution < -0.4 is 5.32 Å². The average Bonchev–Trinajstić information content (AvgIpc) is 3.21. The standard InChI is InChI=1S/C23H23FN4O2S/c1-14(22-26-18-4-2-3-5-20(18)31-22)27-8-10-28(11-9-27)23(30)17-13-21(29)25-19-12-15(24)6-7-16(17)19/h2-7,12,14,17H,8-11,13H2,1H3,(H,25,29). The molecule has 0 spiro atoms. The molecule has 8 heteroatoms. The van der Waals surface area contributed by atoms with Crippen LogP contribution in [0.4, 0.5) is 10.1 Å². The number of nitrogens with zero attached hydrogens (tertiary/aromatic N) is 3. The second-order valence-corrected chi connectivity index (χ2v) is 9.16. The Bertz CT molecular complexity index is 1120. The largest absolute Gasteiger partial charge is 0.340 e. The minimum Gasteiger partial charge on any atom is -0.340 e. The van der Waals surface area contributed by atoms with Gasteiger partial charge in [0.15, 0.2) is 0 Å². The van der Waals surface area contributed by atoms with Gasteiger partial charge in [0.1, 0.15) is 10.8 Å². The highest BCUT2D eigenvalue weighted by Gasteiger charge is 2.35. The third kappa shape index (κ3) is 3.81. The van der Waals surface area contributed by atoms with Crippen molar-refractivity contribution in [2.75, 3.05) is 31.5 Å². The number of nitrogens with one attached hydrogen (secondary N) is 1. The maximum absolute atomic E-state index is 13.6. The lowest BCUT2D eigenvalue weighted by atomic mass is 9.89. The highest BCUT2D eigenvalue weighted by molar-refractivity contribution is 7.18. The number of benzene rings is 2. The van der Waals surface area contributed by atoms with Crippen molar-refractivity contribution < 1.29 is 14.0 Å². The summed E-state index contributed by atoms with van der Waals surface area (Å²) in [5.41, 5.74) is 2.11. The Morgan fingerprint density at radius 3 is 2.74 bits per heavy atom. The molecule has 1 saturated heterocycles. The van der Waals surface area contributed by atoms with Crippen molar-refractivity contribution >= 4 is 39.1 Å². The molecule has 2 aromatic carbocycles. The molecule has 3 aromatic rings. The first-order valence-corrected chi connectivity index (χ1v) is 11.3. The normalized spacial score (nSPS) is 20.4. The molecule has 3 heterocycles. The van der Waals surface area contributed by atoms with Gasteiger partial charge in [-0.2, -0.15) is 0 Å². The molecule has 31 heavy (non-hydrogen) atoms. The first kappa shape index (κ1) is 20.1. The topological polar surface area (TPSA) is 65.5 Å². The molecule has 2 aliphatic rings. The van der Waals surface area contributed by atoms with E-state index in [0.717, 1.165) is 23.6 Å². The molecule has 0 aliphatic carbocycles. The number of piperazine rings is 1. The Hall–Kier alpha value is -2.84. The van der Waals surface area contributed by atoms with Crippen LogP contribution >= 0.6 is 11.3 Å². The van der Waals surface area contributed by atoms with Gasteiger partial charge in [0.05, 0.1) is 22.2 Å². The molecule has 0 saturated carbocycles. The van der Waals surface area contributed by atoms with E-state index in [0.29, 0.717) is 24.3 Å². The average molecular weight is 439 g/mol. The molecular weight excluding hydrogens is 415 g/mol. The molecule has 0 bridgehead atoms. The maximum Gasteiger partial charge on any atom is 0.230 e. The van der Waals surface area contributed by atoms with Crippen LogP contribution in [-0.2, 0) is 9.59 Å². The number of hydrogen-bond acceptors (Lipinski definition) is 5. The molecule has 1 aromatic heterocycles. The Morgan fingerprint density at radius 2 is 1.97 bits per heavy atom. The van der Waals surface area contributed by atoms with Gasteiger partial charge in [-0.05, 0) is 36.8 Å². The number of carbonyl (C=O) groups excluding carboxylic acids is 2. The molecular formula is C23H23FN4O2S. The summed E-state index contributed by atoms with van der Waals surface area (Å²) in [6.07, 6.45) is 0.0970. The zero-order valence-electron chi connectivity index (χ0n) is 17.2. The summed E-state index contributed by atoms with van der Waals surface area (Å²) >= 11 is 1.71. The second-order valence-electron chi connectivity index (χ2n) is 8.09. The molecule has 6 nitrogen and oxygen atoms in total. The van der Waals surface area contributed by atoms with Crippen molar-refractivity contribution in [1.82, 2.24) is 14.8 Å². The van der Waals surface area contributed by atoms with Crippen molar-refractivity contribution in [2.45, 2.75) is 25.3 Å². The summed E-state index contributed by atoms with van der Waals surface area (Å²) in [6.45, 7) is 4.85. The quantitative estimate of drug-likeness (QED) is 0.676. The number of carbonyl (C=O) groups is 2. The van der Waals surface area contributed by atoms with Gasteiger partial charge < -0.3 is 10.2 Å². The molecule has 2 atom stereocenters. The number of amides is 2. The maximum atomic E-state index is 13.6. The van der Waals surface area contributed by atoms with Gasteiger partial charge in [0.25, 0.3) is 0 Å². The van der Waals surface area contributed by atoms with Gasteiger partial charge in [0.2, 0.25) is 11.8 Å². The SMILES string of the molecule is CC(c1nc2ccccc2s1)N1CCN(C(=O)C2CC(=O)Nc3cc(F)ccc32)CC1. The van der Waals surface area contributed by atoms with Gasteiger partial charge in [-0.1, -0.05) is 18.2 Å². The van der Waals surface area contributed by atoms with Crippen molar-refractivity contribution in [3.8, 4) is 0 Å². The predicted molar refractivity (Wildman–Crippen MR) is 119 cm³/mol. The minimum absolute atomic E-state index is 0.0602. The fraction of sp³-hybridized carbons (Fsp3) is 0.348. The molecule has 2 amide bonds. The van der Waals surface area contributed by atoms with Crippen LogP contribution in [0.3, 0.4) is 0 Å². The van der Waals surface area contributed by atoms with E-state index >= 15 is 0 Å². The van der Waals surface area contributed by atoms with Gasteiger partial charge in [-0.25, -0.2) is 9.37 Å². The smallest absolute Gasteiger partial charge is 0.230 e. The number of rotatable bonds is 3. The monoisotopic (exact) mass is 438 g/mol. The van der Waals surface area contributed by atoms with Gasteiger partial charge >= 0.3 is 0 Å². The zero-order valence-corrected chi connectivity index (χ0v) is 18.0. The van der Waals surface area contributed by atoms with E-state index in [2.05, 4.69) is 23.2 Å². The first-order chi connectivity index (χ1) is 15.0. The fourth-order valence-electron chi connectivity index (χ4n) is 4.43. The number of thiazole rings is 1. The summed E-state index contributed by atoms with van der Waals surface area (Å²) < 4.78 is 14.8. The van der Waals surface area contributed by atoms with E-state index in [9.17, 15) is 14.0 Å². The second kappa shape index (κ2) is 8.01. The van der Waals surface area contributed by atoms with Crippen LogP contribution in [0.5, 0.6) is 0 Å². The fourth-order valence-corrected chi connectivity index (χ4v) is 5.49. The van der Waals surface area contributed by atoms with E-state index in [4.69, 9.17) is 4.98 Å². The number of aromatic nitrogens is 1. The summed E-state index contributed by atoms with van der Waals surface area (Å²) in [7, 11) is 0. The Labute approximate surface area is 183 Å². The Balaban J connectivity index is 1.27. The lowest BCUT2D eigenvalue weighted by molar-refractivity contribution is -0.136. The minimum atomic E-state index is -0.558. The summed E-state index contributed by atoms with van der Waals surface area (Å²) in [4.78, 5) is 34.3. The van der Waals surface area contributed by atoms with Crippen molar-refractivity contribution in [3.63, 3.8) is 0 Å². The molecule has 1 N–H and O–H groups in total. The van der Waals surface area contributed by atoms with Crippen molar-refractivity contribution in [3.05, 3.63) is 58.9 Å². The van der Waals surface area contributed by atoms with E-state index in [1.165, 1.54) is 16.8 Å². The Kier molecular flexibility index (Phi) is 5.19. The van der Waals surface area contributed by atoms with E-state index in [1.54, 1.807) is 17.4 Å². The van der Waals surface area contributed by atoms with Crippen LogP contribution in [0.15, 0.2) is 42.5 Å². The molecule has 0 radical (unpaired) electrons. The van der Waals surface area contributed by atoms with E-state index in [1.807, 2.05) is 23.1 Å². The molecule has 2 unspecified atom stereocenters. The highest BCUT2D eigenvalue weighted by atomic mass is 32.1. The van der Waals surface area contributed by atoms with E-state index in [-0.39, 0.29) is 24.3 Å². The highest BCUT2D eigenvalue weighted by Crippen LogP contribution is 2.35. The Morgan fingerprint density at radius 1 is 1.19 bits per heavy atom. The molecule has 1 fully saturated rings. The van der Waals surface area contributed by atoms with Crippen LogP contribution in [0.1, 0.15) is 35.9 Å². The molecule has 2 aliphatic heterocycles. The van der Waals surface area contributed by atoms with Crippen molar-refractivity contribution in [2.24, 2.45) is 0 Å². The first-order valence-electron chi connectivity index (χ1n) is 10.5. The lowest BCUT2D eigenvalue weighted by Crippen LogP contribution is -2.51. The van der Waals surface area contributed by atoms with Gasteiger partial charge in [-0.15, -0.1) is 11.3 Å².